The predicted molar refractivity (Wildman–Crippen MR) is 74.5 cm³/mol. The lowest BCUT2D eigenvalue weighted by Crippen LogP contribution is -2.02. The van der Waals surface area contributed by atoms with Crippen LogP contribution in [0.4, 0.5) is 0 Å². The van der Waals surface area contributed by atoms with E-state index in [4.69, 9.17) is 16.3 Å². The van der Waals surface area contributed by atoms with Gasteiger partial charge in [-0.25, -0.2) is 0 Å². The van der Waals surface area contributed by atoms with Crippen LogP contribution in [0.2, 0.25) is 5.02 Å². The first kappa shape index (κ1) is 13.9. The van der Waals surface area contributed by atoms with Gasteiger partial charge in [0.15, 0.2) is 0 Å². The second-order valence-electron chi connectivity index (χ2n) is 4.49. The molecule has 0 aliphatic rings. The first-order valence-electron chi connectivity index (χ1n) is 6.14. The van der Waals surface area contributed by atoms with Crippen LogP contribution in [0.5, 0.6) is 5.75 Å². The van der Waals surface area contributed by atoms with Crippen LogP contribution in [-0.2, 0) is 13.5 Å². The van der Waals surface area contributed by atoms with E-state index in [2.05, 4.69) is 5.10 Å². The van der Waals surface area contributed by atoms with Gasteiger partial charge in [-0.2, -0.15) is 5.10 Å². The third kappa shape index (κ3) is 3.72. The summed E-state index contributed by atoms with van der Waals surface area (Å²) in [6.45, 7) is 2.24. The van der Waals surface area contributed by atoms with E-state index in [0.29, 0.717) is 17.4 Å². The first-order valence-corrected chi connectivity index (χ1v) is 6.52. The number of ether oxygens (including phenoxy) is 1. The Kier molecular flexibility index (Phi) is 4.45. The summed E-state index contributed by atoms with van der Waals surface area (Å²) in [6.07, 6.45) is 4.03. The number of hydrogen-bond donors (Lipinski definition) is 1. The van der Waals surface area contributed by atoms with Gasteiger partial charge in [0, 0.05) is 19.7 Å². The zero-order chi connectivity index (χ0) is 13.8. The van der Waals surface area contributed by atoms with Gasteiger partial charge in [-0.05, 0) is 30.2 Å². The SMILES string of the molecule is CC(O)c1ccc(OCCc2cnn(C)c2)c(Cl)c1. The molecular weight excluding hydrogens is 264 g/mol. The Morgan fingerprint density at radius 3 is 2.84 bits per heavy atom. The summed E-state index contributed by atoms with van der Waals surface area (Å²) in [7, 11) is 1.88. The van der Waals surface area contributed by atoms with Crippen molar-refractivity contribution >= 4 is 11.6 Å². The van der Waals surface area contributed by atoms with Crippen molar-refractivity contribution in [3.8, 4) is 5.75 Å². The maximum atomic E-state index is 9.46. The van der Waals surface area contributed by atoms with Gasteiger partial charge in [0.25, 0.3) is 0 Å². The van der Waals surface area contributed by atoms with Crippen LogP contribution in [0, 0.1) is 0 Å². The van der Waals surface area contributed by atoms with Crippen molar-refractivity contribution in [2.24, 2.45) is 7.05 Å². The Morgan fingerprint density at radius 2 is 2.26 bits per heavy atom. The summed E-state index contributed by atoms with van der Waals surface area (Å²) in [5.41, 5.74) is 1.91. The number of aliphatic hydroxyl groups is 1. The van der Waals surface area contributed by atoms with Crippen molar-refractivity contribution in [2.75, 3.05) is 6.61 Å². The van der Waals surface area contributed by atoms with E-state index >= 15 is 0 Å². The summed E-state index contributed by atoms with van der Waals surface area (Å²) in [5.74, 6) is 0.634. The molecule has 1 heterocycles. The van der Waals surface area contributed by atoms with Crippen molar-refractivity contribution in [2.45, 2.75) is 19.4 Å². The van der Waals surface area contributed by atoms with Gasteiger partial charge in [0.2, 0.25) is 0 Å². The fraction of sp³-hybridized carbons (Fsp3) is 0.357. The molecule has 19 heavy (non-hydrogen) atoms. The smallest absolute Gasteiger partial charge is 0.137 e. The van der Waals surface area contributed by atoms with Crippen LogP contribution < -0.4 is 4.74 Å². The maximum absolute atomic E-state index is 9.46. The molecule has 1 N–H and O–H groups in total. The van der Waals surface area contributed by atoms with Gasteiger partial charge in [0.1, 0.15) is 5.75 Å². The molecule has 1 atom stereocenters. The number of aryl methyl sites for hydroxylation is 1. The summed E-state index contributed by atoms with van der Waals surface area (Å²) >= 11 is 6.11. The van der Waals surface area contributed by atoms with Gasteiger partial charge in [0.05, 0.1) is 23.9 Å². The van der Waals surface area contributed by atoms with Crippen LogP contribution >= 0.6 is 11.6 Å². The molecule has 102 valence electrons. The monoisotopic (exact) mass is 280 g/mol. The zero-order valence-corrected chi connectivity index (χ0v) is 11.8. The van der Waals surface area contributed by atoms with Crippen molar-refractivity contribution in [1.82, 2.24) is 9.78 Å². The fourth-order valence-corrected chi connectivity index (χ4v) is 2.02. The molecule has 0 fully saturated rings. The maximum Gasteiger partial charge on any atom is 0.137 e. The molecule has 0 saturated heterocycles. The van der Waals surface area contributed by atoms with Crippen LogP contribution in [0.15, 0.2) is 30.6 Å². The summed E-state index contributed by atoms with van der Waals surface area (Å²) in [6, 6.07) is 5.33. The lowest BCUT2D eigenvalue weighted by Gasteiger charge is -2.10. The number of aromatic nitrogens is 2. The molecule has 2 rings (SSSR count). The first-order chi connectivity index (χ1) is 9.06. The van der Waals surface area contributed by atoms with Crippen LogP contribution in [0.1, 0.15) is 24.2 Å². The zero-order valence-electron chi connectivity index (χ0n) is 11.0. The summed E-state index contributed by atoms with van der Waals surface area (Å²) in [5, 5.41) is 14.1. The average Bonchev–Trinajstić information content (AvgIpc) is 2.77. The number of nitrogens with zero attached hydrogens (tertiary/aromatic N) is 2. The molecule has 1 aromatic heterocycles. The van der Waals surface area contributed by atoms with E-state index in [1.807, 2.05) is 25.5 Å². The molecule has 0 saturated carbocycles. The van der Waals surface area contributed by atoms with Crippen LogP contribution in [0.25, 0.3) is 0 Å². The highest BCUT2D eigenvalue weighted by molar-refractivity contribution is 6.32. The van der Waals surface area contributed by atoms with E-state index in [-0.39, 0.29) is 0 Å². The van der Waals surface area contributed by atoms with Crippen LogP contribution in [0.3, 0.4) is 0 Å². The van der Waals surface area contributed by atoms with E-state index in [9.17, 15) is 5.11 Å². The molecule has 0 bridgehead atoms. The van der Waals surface area contributed by atoms with Crippen molar-refractivity contribution < 1.29 is 9.84 Å². The number of rotatable bonds is 5. The van der Waals surface area contributed by atoms with Crippen molar-refractivity contribution in [1.29, 1.82) is 0 Å². The second kappa shape index (κ2) is 6.08. The van der Waals surface area contributed by atoms with Crippen molar-refractivity contribution in [3.63, 3.8) is 0 Å². The minimum absolute atomic E-state index is 0.518. The van der Waals surface area contributed by atoms with Gasteiger partial charge in [-0.1, -0.05) is 17.7 Å². The predicted octanol–water partition coefficient (Wildman–Crippen LogP) is 2.75. The molecular formula is C14H17ClN2O2. The third-order valence-corrected chi connectivity index (χ3v) is 3.14. The highest BCUT2D eigenvalue weighted by Crippen LogP contribution is 2.27. The molecule has 0 radical (unpaired) electrons. The minimum Gasteiger partial charge on any atom is -0.492 e. The van der Waals surface area contributed by atoms with E-state index in [1.165, 1.54) is 0 Å². The van der Waals surface area contributed by atoms with Gasteiger partial charge < -0.3 is 9.84 Å². The molecule has 2 aromatic rings. The Labute approximate surface area is 117 Å². The molecule has 1 unspecified atom stereocenters. The molecule has 0 aliphatic heterocycles. The summed E-state index contributed by atoms with van der Waals surface area (Å²) < 4.78 is 7.40. The molecule has 0 aliphatic carbocycles. The molecule has 4 nitrogen and oxygen atoms in total. The largest absolute Gasteiger partial charge is 0.492 e. The highest BCUT2D eigenvalue weighted by atomic mass is 35.5. The molecule has 5 heteroatoms. The van der Waals surface area contributed by atoms with E-state index < -0.39 is 6.10 Å². The normalized spacial score (nSPS) is 12.4. The molecule has 0 spiro atoms. The van der Waals surface area contributed by atoms with Gasteiger partial charge in [-0.3, -0.25) is 4.68 Å². The van der Waals surface area contributed by atoms with E-state index in [0.717, 1.165) is 17.5 Å². The lowest BCUT2D eigenvalue weighted by atomic mass is 10.1. The van der Waals surface area contributed by atoms with E-state index in [1.54, 1.807) is 23.7 Å². The lowest BCUT2D eigenvalue weighted by molar-refractivity contribution is 0.199. The standard InChI is InChI=1S/C14H17ClN2O2/c1-10(18)12-3-4-14(13(15)7-12)19-6-5-11-8-16-17(2)9-11/h3-4,7-10,18H,5-6H2,1-2H3. The van der Waals surface area contributed by atoms with Gasteiger partial charge >= 0.3 is 0 Å². The quantitative estimate of drug-likeness (QED) is 0.916. The van der Waals surface area contributed by atoms with Gasteiger partial charge in [-0.15, -0.1) is 0 Å². The van der Waals surface area contributed by atoms with Crippen LogP contribution in [-0.4, -0.2) is 21.5 Å². The highest BCUT2D eigenvalue weighted by Gasteiger charge is 2.06. The Balaban J connectivity index is 1.92. The Morgan fingerprint density at radius 1 is 1.47 bits per heavy atom. The number of halogens is 1. The second-order valence-corrected chi connectivity index (χ2v) is 4.89. The molecule has 1 aromatic carbocycles. The average molecular weight is 281 g/mol. The van der Waals surface area contributed by atoms with Crippen molar-refractivity contribution in [3.05, 3.63) is 46.7 Å². The fourth-order valence-electron chi connectivity index (χ4n) is 1.77. The topological polar surface area (TPSA) is 47.3 Å². The Bertz CT molecular complexity index is 552. The summed E-state index contributed by atoms with van der Waals surface area (Å²) in [4.78, 5) is 0. The third-order valence-electron chi connectivity index (χ3n) is 2.84. The number of hydrogen-bond acceptors (Lipinski definition) is 3. The number of benzene rings is 1. The number of aliphatic hydroxyl groups excluding tert-OH is 1. The Hall–Kier alpha value is -1.52. The molecule has 0 amide bonds. The minimum atomic E-state index is -0.526.